The maximum atomic E-state index is 13.0. The molecule has 9 heteroatoms. The summed E-state index contributed by atoms with van der Waals surface area (Å²) in [5.74, 6) is -2.70. The lowest BCUT2D eigenvalue weighted by Crippen LogP contribution is -2.38. The highest BCUT2D eigenvalue weighted by Gasteiger charge is 2.36. The minimum absolute atomic E-state index is 0.353. The number of azo groups is 1. The number of carbonyl (C=O) groups is 2. The van der Waals surface area contributed by atoms with Crippen LogP contribution in [0.15, 0.2) is 45.8 Å². The molecule has 2 unspecified atom stereocenters. The van der Waals surface area contributed by atoms with Gasteiger partial charge in [0.1, 0.15) is 5.92 Å². The first kappa shape index (κ1) is 18.8. The molecule has 1 heterocycles. The molecule has 6 nitrogen and oxygen atoms in total. The number of allylic oxidation sites excluding steroid dienone is 1. The highest BCUT2D eigenvalue weighted by molar-refractivity contribution is 6.04. The van der Waals surface area contributed by atoms with Crippen molar-refractivity contribution in [1.82, 2.24) is 5.32 Å². The Morgan fingerprint density at radius 1 is 1.28 bits per heavy atom. The van der Waals surface area contributed by atoms with Crippen LogP contribution in [0.4, 0.5) is 13.2 Å². The van der Waals surface area contributed by atoms with Crippen LogP contribution < -0.4 is 5.32 Å². The van der Waals surface area contributed by atoms with E-state index in [1.165, 1.54) is 12.1 Å². The van der Waals surface area contributed by atoms with Crippen LogP contribution in [-0.2, 0) is 15.8 Å². The number of hydrogen-bond acceptors (Lipinski definition) is 4. The van der Waals surface area contributed by atoms with Crippen LogP contribution in [0.3, 0.4) is 0 Å². The monoisotopic (exact) mass is 355 g/mol. The summed E-state index contributed by atoms with van der Waals surface area (Å²) < 4.78 is 38.9. The molecule has 2 N–H and O–H groups in total. The second kappa shape index (κ2) is 7.14. The van der Waals surface area contributed by atoms with Crippen molar-refractivity contribution < 1.29 is 27.9 Å². The number of nitrogens with one attached hydrogen (secondary N) is 1. The first-order valence-corrected chi connectivity index (χ1v) is 7.37. The molecule has 1 aromatic rings. The van der Waals surface area contributed by atoms with Crippen LogP contribution in [0.25, 0.3) is 0 Å². The zero-order valence-corrected chi connectivity index (χ0v) is 13.5. The van der Waals surface area contributed by atoms with E-state index in [-0.39, 0.29) is 5.56 Å². The third-order valence-corrected chi connectivity index (χ3v) is 3.91. The van der Waals surface area contributed by atoms with Crippen molar-refractivity contribution in [3.63, 3.8) is 0 Å². The topological polar surface area (TPSA) is 91.1 Å². The van der Waals surface area contributed by atoms with Gasteiger partial charge < -0.3 is 10.4 Å². The van der Waals surface area contributed by atoms with Crippen molar-refractivity contribution >= 4 is 11.8 Å². The Morgan fingerprint density at radius 2 is 1.92 bits per heavy atom. The van der Waals surface area contributed by atoms with Crippen LogP contribution in [0.2, 0.25) is 0 Å². The first-order chi connectivity index (χ1) is 11.6. The van der Waals surface area contributed by atoms with E-state index in [0.29, 0.717) is 11.3 Å². The van der Waals surface area contributed by atoms with Gasteiger partial charge in [0.05, 0.1) is 17.4 Å². The third-order valence-electron chi connectivity index (χ3n) is 3.91. The lowest BCUT2D eigenvalue weighted by atomic mass is 9.96. The number of nitrogens with zero attached hydrogens (tertiary/aromatic N) is 2. The summed E-state index contributed by atoms with van der Waals surface area (Å²) in [7, 11) is 0. The number of aliphatic hydroxyl groups excluding tert-OH is 1. The molecule has 1 aromatic carbocycles. The van der Waals surface area contributed by atoms with Gasteiger partial charge in [-0.1, -0.05) is 18.2 Å². The molecule has 0 aromatic heterocycles. The second-order valence-electron chi connectivity index (χ2n) is 5.59. The SMILES string of the molecule is CC1=C(C)C(C(=O)NCC(O)c2ccccc2C(F)(F)F)C(=O)N=N1. The standard InChI is InChI=1S/C16H16F3N3O3/c1-8-9(2)21-22-15(25)13(8)14(24)20-7-12(23)10-5-3-4-6-11(10)16(17,18)19/h3-6,12-13,23H,7H2,1-2H3,(H,20,24). The normalized spacial score (nSPS) is 19.1. The average molecular weight is 355 g/mol. The molecule has 134 valence electrons. The molecule has 2 amide bonds. The number of alkyl halides is 3. The Balaban J connectivity index is 2.11. The van der Waals surface area contributed by atoms with Crippen molar-refractivity contribution in [1.29, 1.82) is 0 Å². The van der Waals surface area contributed by atoms with Crippen LogP contribution in [0.1, 0.15) is 31.1 Å². The Hall–Kier alpha value is -2.55. The molecule has 0 spiro atoms. The Kier molecular flexibility index (Phi) is 5.36. The van der Waals surface area contributed by atoms with Crippen molar-refractivity contribution in [3.05, 3.63) is 46.7 Å². The number of aliphatic hydroxyl groups is 1. The molecular formula is C16H16F3N3O3. The molecule has 0 saturated carbocycles. The van der Waals surface area contributed by atoms with E-state index in [1.54, 1.807) is 13.8 Å². The van der Waals surface area contributed by atoms with Gasteiger partial charge in [-0.25, -0.2) is 0 Å². The van der Waals surface area contributed by atoms with Crippen molar-refractivity contribution in [3.8, 4) is 0 Å². The number of rotatable bonds is 4. The predicted octanol–water partition coefficient (Wildman–Crippen LogP) is 2.76. The van der Waals surface area contributed by atoms with Gasteiger partial charge in [0, 0.05) is 6.54 Å². The van der Waals surface area contributed by atoms with Gasteiger partial charge >= 0.3 is 6.18 Å². The summed E-state index contributed by atoms with van der Waals surface area (Å²) in [6.45, 7) is 2.66. The quantitative estimate of drug-likeness (QED) is 0.814. The summed E-state index contributed by atoms with van der Waals surface area (Å²) in [6, 6.07) is 4.55. The largest absolute Gasteiger partial charge is 0.416 e. The Bertz CT molecular complexity index is 756. The summed E-state index contributed by atoms with van der Waals surface area (Å²) in [5, 5.41) is 19.3. The highest BCUT2D eigenvalue weighted by atomic mass is 19.4. The number of amides is 2. The summed E-state index contributed by atoms with van der Waals surface area (Å²) in [5.41, 5.74) is -0.509. The second-order valence-corrected chi connectivity index (χ2v) is 5.59. The summed E-state index contributed by atoms with van der Waals surface area (Å²) in [6.07, 6.45) is -6.20. The van der Waals surface area contributed by atoms with Gasteiger partial charge in [-0.3, -0.25) is 9.59 Å². The average Bonchev–Trinajstić information content (AvgIpc) is 2.55. The predicted molar refractivity (Wildman–Crippen MR) is 81.1 cm³/mol. The molecule has 2 atom stereocenters. The zero-order valence-electron chi connectivity index (χ0n) is 13.5. The van der Waals surface area contributed by atoms with Gasteiger partial charge in [-0.15, -0.1) is 5.11 Å². The van der Waals surface area contributed by atoms with Gasteiger partial charge in [0.25, 0.3) is 5.91 Å². The maximum absolute atomic E-state index is 13.0. The van der Waals surface area contributed by atoms with Gasteiger partial charge in [-0.2, -0.15) is 18.3 Å². The minimum atomic E-state index is -4.63. The molecule has 0 radical (unpaired) electrons. The van der Waals surface area contributed by atoms with E-state index in [4.69, 9.17) is 0 Å². The summed E-state index contributed by atoms with van der Waals surface area (Å²) >= 11 is 0. The minimum Gasteiger partial charge on any atom is -0.387 e. The summed E-state index contributed by atoms with van der Waals surface area (Å²) in [4.78, 5) is 23.9. The van der Waals surface area contributed by atoms with Crippen LogP contribution in [0, 0.1) is 5.92 Å². The van der Waals surface area contributed by atoms with Crippen molar-refractivity contribution in [2.75, 3.05) is 6.54 Å². The first-order valence-electron chi connectivity index (χ1n) is 7.37. The molecule has 0 aliphatic carbocycles. The van der Waals surface area contributed by atoms with Crippen LogP contribution in [0.5, 0.6) is 0 Å². The van der Waals surface area contributed by atoms with Crippen molar-refractivity contribution in [2.45, 2.75) is 26.1 Å². The molecular weight excluding hydrogens is 339 g/mol. The lowest BCUT2D eigenvalue weighted by Gasteiger charge is -2.20. The fourth-order valence-corrected chi connectivity index (χ4v) is 2.42. The fourth-order valence-electron chi connectivity index (χ4n) is 2.42. The molecule has 2 rings (SSSR count). The van der Waals surface area contributed by atoms with Crippen molar-refractivity contribution in [2.24, 2.45) is 16.1 Å². The van der Waals surface area contributed by atoms with E-state index in [9.17, 15) is 27.9 Å². The zero-order chi connectivity index (χ0) is 18.8. The molecule has 1 aliphatic heterocycles. The van der Waals surface area contributed by atoms with E-state index in [0.717, 1.165) is 12.1 Å². The molecule has 25 heavy (non-hydrogen) atoms. The van der Waals surface area contributed by atoms with Gasteiger partial charge in [0.2, 0.25) is 5.91 Å². The number of carbonyl (C=O) groups excluding carboxylic acids is 2. The third kappa shape index (κ3) is 4.11. The number of halogens is 3. The fraction of sp³-hybridized carbons (Fsp3) is 0.375. The van der Waals surface area contributed by atoms with E-state index < -0.39 is 42.1 Å². The maximum Gasteiger partial charge on any atom is 0.416 e. The van der Waals surface area contributed by atoms with E-state index in [1.807, 2.05) is 0 Å². The van der Waals surface area contributed by atoms with Crippen LogP contribution in [-0.4, -0.2) is 23.5 Å². The molecule has 0 bridgehead atoms. The van der Waals surface area contributed by atoms with E-state index in [2.05, 4.69) is 15.5 Å². The smallest absolute Gasteiger partial charge is 0.387 e. The van der Waals surface area contributed by atoms with Gasteiger partial charge in [0.15, 0.2) is 0 Å². The highest BCUT2D eigenvalue weighted by Crippen LogP contribution is 2.34. The molecule has 1 aliphatic rings. The van der Waals surface area contributed by atoms with Crippen LogP contribution >= 0.6 is 0 Å². The molecule has 0 saturated heterocycles. The number of benzene rings is 1. The Labute approximate surface area is 141 Å². The Morgan fingerprint density at radius 3 is 2.56 bits per heavy atom. The van der Waals surface area contributed by atoms with Gasteiger partial charge in [-0.05, 0) is 31.1 Å². The number of hydrogen-bond donors (Lipinski definition) is 2. The lowest BCUT2D eigenvalue weighted by molar-refractivity contribution is -0.139. The molecule has 0 fully saturated rings. The van der Waals surface area contributed by atoms with E-state index >= 15 is 0 Å².